The summed E-state index contributed by atoms with van der Waals surface area (Å²) in [7, 11) is 12.9. The minimum atomic E-state index is 1.09. The van der Waals surface area contributed by atoms with Crippen LogP contribution in [0.25, 0.3) is 0 Å². The van der Waals surface area contributed by atoms with Crippen LogP contribution in [0, 0.1) is 0 Å². The van der Waals surface area contributed by atoms with Crippen LogP contribution in [0.2, 0.25) is 0 Å². The van der Waals surface area contributed by atoms with E-state index >= 15 is 0 Å². The van der Waals surface area contributed by atoms with Gasteiger partial charge in [-0.2, -0.15) is 0 Å². The Bertz CT molecular complexity index is 171. The average Bonchev–Trinajstić information content (AvgIpc) is 2.16. The summed E-state index contributed by atoms with van der Waals surface area (Å²) >= 11 is 0. The summed E-state index contributed by atoms with van der Waals surface area (Å²) in [4.78, 5) is 2.33. The van der Waals surface area contributed by atoms with Gasteiger partial charge >= 0.3 is 0 Å². The minimum absolute atomic E-state index is 1.09. The molecule has 0 amide bonds. The third kappa shape index (κ3) is 5.91. The summed E-state index contributed by atoms with van der Waals surface area (Å²) < 4.78 is 1.39. The zero-order chi connectivity index (χ0) is 10.2. The van der Waals surface area contributed by atoms with E-state index in [1.807, 2.05) is 70.7 Å². The van der Waals surface area contributed by atoms with Crippen LogP contribution in [-0.2, 0) is 0 Å². The standard InChI is InChI=1S/C6H11NS7/c1-3-7(4-2)5-6-8-10-12-14-13-11-9-6/h5H,3-4H2,1-2H3. The van der Waals surface area contributed by atoms with Crippen LogP contribution >= 0.6 is 70.7 Å². The molecule has 0 saturated carbocycles. The Kier molecular flexibility index (Phi) is 9.10. The maximum atomic E-state index is 2.33. The first-order valence-electron chi connectivity index (χ1n) is 4.00. The first-order valence-corrected chi connectivity index (χ1v) is 12.8. The van der Waals surface area contributed by atoms with Gasteiger partial charge in [0.15, 0.2) is 0 Å². The van der Waals surface area contributed by atoms with Crippen molar-refractivity contribution in [2.45, 2.75) is 13.8 Å². The van der Waals surface area contributed by atoms with Gasteiger partial charge in [-0.05, 0) is 84.6 Å². The lowest BCUT2D eigenvalue weighted by Crippen LogP contribution is -2.15. The summed E-state index contributed by atoms with van der Waals surface area (Å²) in [5.41, 5.74) is 0. The molecule has 0 aromatic heterocycles. The Hall–Kier alpha value is 1.99. The van der Waals surface area contributed by atoms with Crippen molar-refractivity contribution in [2.24, 2.45) is 0 Å². The molecule has 82 valence electrons. The quantitative estimate of drug-likeness (QED) is 0.595. The molecule has 1 rings (SSSR count). The van der Waals surface area contributed by atoms with Crippen molar-refractivity contribution >= 4 is 70.7 Å². The molecule has 8 heteroatoms. The summed E-state index contributed by atoms with van der Waals surface area (Å²) in [6, 6.07) is 0. The van der Waals surface area contributed by atoms with Crippen LogP contribution in [0.3, 0.4) is 0 Å². The first-order chi connectivity index (χ1) is 6.86. The summed E-state index contributed by atoms with van der Waals surface area (Å²) in [6.07, 6.45) is 2.27. The van der Waals surface area contributed by atoms with Gasteiger partial charge in [0.1, 0.15) is 0 Å². The number of hydrogen-bond donors (Lipinski definition) is 0. The minimum Gasteiger partial charge on any atom is -0.377 e. The van der Waals surface area contributed by atoms with E-state index in [4.69, 9.17) is 0 Å². The van der Waals surface area contributed by atoms with Crippen LogP contribution in [0.1, 0.15) is 13.8 Å². The zero-order valence-electron chi connectivity index (χ0n) is 7.80. The van der Waals surface area contributed by atoms with Gasteiger partial charge in [-0.3, -0.25) is 0 Å². The topological polar surface area (TPSA) is 3.24 Å². The number of hydrogen-bond acceptors (Lipinski definition) is 8. The zero-order valence-corrected chi connectivity index (χ0v) is 13.5. The Morgan fingerprint density at radius 1 is 0.929 bits per heavy atom. The van der Waals surface area contributed by atoms with Gasteiger partial charge in [0.25, 0.3) is 0 Å². The Morgan fingerprint density at radius 3 is 1.93 bits per heavy atom. The van der Waals surface area contributed by atoms with Gasteiger partial charge in [-0.25, -0.2) is 0 Å². The van der Waals surface area contributed by atoms with E-state index < -0.39 is 0 Å². The summed E-state index contributed by atoms with van der Waals surface area (Å²) in [6.45, 7) is 6.56. The van der Waals surface area contributed by atoms with Gasteiger partial charge in [-0.1, -0.05) is 0 Å². The fourth-order valence-corrected chi connectivity index (χ4v) is 16.2. The van der Waals surface area contributed by atoms with E-state index in [0.717, 1.165) is 13.1 Å². The molecule has 1 saturated heterocycles. The molecule has 0 spiro atoms. The maximum Gasteiger partial charge on any atom is 0.0795 e. The molecule has 0 unspecified atom stereocenters. The molecule has 0 aliphatic carbocycles. The van der Waals surface area contributed by atoms with Crippen molar-refractivity contribution in [3.8, 4) is 0 Å². The second kappa shape index (κ2) is 9.07. The van der Waals surface area contributed by atoms with Crippen molar-refractivity contribution in [3.05, 3.63) is 10.4 Å². The molecule has 0 aromatic rings. The van der Waals surface area contributed by atoms with Crippen LogP contribution in [0.15, 0.2) is 10.4 Å². The molecule has 14 heavy (non-hydrogen) atoms. The Labute approximate surface area is 112 Å². The molecule has 1 aliphatic rings. The van der Waals surface area contributed by atoms with Crippen molar-refractivity contribution in [3.63, 3.8) is 0 Å². The molecule has 0 aromatic carbocycles. The molecular weight excluding hydrogens is 311 g/mol. The molecule has 1 nitrogen and oxygen atoms in total. The monoisotopic (exact) mass is 321 g/mol. The highest BCUT2D eigenvalue weighted by Crippen LogP contribution is 2.63. The highest BCUT2D eigenvalue weighted by atomic mass is 33.9. The first kappa shape index (κ1) is 14.1. The highest BCUT2D eigenvalue weighted by molar-refractivity contribution is 9.47. The molecule has 1 aliphatic heterocycles. The SMILES string of the molecule is CCN(C=C1SSSSSSS1)CC. The van der Waals surface area contributed by atoms with Crippen LogP contribution in [-0.4, -0.2) is 18.0 Å². The largest absolute Gasteiger partial charge is 0.377 e. The van der Waals surface area contributed by atoms with Crippen molar-refractivity contribution < 1.29 is 0 Å². The molecule has 0 N–H and O–H groups in total. The van der Waals surface area contributed by atoms with Crippen LogP contribution in [0.4, 0.5) is 0 Å². The average molecular weight is 322 g/mol. The Morgan fingerprint density at radius 2 is 1.43 bits per heavy atom. The molecule has 0 radical (unpaired) electrons. The lowest BCUT2D eigenvalue weighted by Gasteiger charge is -2.17. The van der Waals surface area contributed by atoms with Gasteiger partial charge in [0.2, 0.25) is 0 Å². The maximum absolute atomic E-state index is 2.33. The molecule has 0 bridgehead atoms. The van der Waals surface area contributed by atoms with Crippen molar-refractivity contribution in [1.29, 1.82) is 0 Å². The number of nitrogens with zero attached hydrogens (tertiary/aromatic N) is 1. The van der Waals surface area contributed by atoms with E-state index in [9.17, 15) is 0 Å². The fourth-order valence-electron chi connectivity index (χ4n) is 0.741. The molecular formula is C6H11NS7. The second-order valence-electron chi connectivity index (χ2n) is 2.18. The highest BCUT2D eigenvalue weighted by Gasteiger charge is 2.08. The second-order valence-corrected chi connectivity index (χ2v) is 13.5. The van der Waals surface area contributed by atoms with E-state index in [-0.39, 0.29) is 0 Å². The van der Waals surface area contributed by atoms with Gasteiger partial charge in [0.05, 0.1) is 4.24 Å². The van der Waals surface area contributed by atoms with E-state index in [1.165, 1.54) is 4.24 Å². The lowest BCUT2D eigenvalue weighted by atomic mass is 10.5. The third-order valence-electron chi connectivity index (χ3n) is 1.44. The van der Waals surface area contributed by atoms with E-state index in [0.29, 0.717) is 0 Å². The predicted octanol–water partition coefficient (Wildman–Crippen LogP) is 5.76. The third-order valence-corrected chi connectivity index (χ3v) is 14.9. The fraction of sp³-hybridized carbons (Fsp3) is 0.667. The summed E-state index contributed by atoms with van der Waals surface area (Å²) in [5, 5.41) is 0. The van der Waals surface area contributed by atoms with Crippen LogP contribution in [0.5, 0.6) is 0 Å². The molecule has 1 heterocycles. The predicted molar refractivity (Wildman–Crippen MR) is 84.1 cm³/mol. The normalized spacial score (nSPS) is 18.6. The van der Waals surface area contributed by atoms with Gasteiger partial charge < -0.3 is 4.90 Å². The smallest absolute Gasteiger partial charge is 0.0795 e. The van der Waals surface area contributed by atoms with E-state index in [2.05, 4.69) is 24.9 Å². The lowest BCUT2D eigenvalue weighted by molar-refractivity contribution is 0.419. The van der Waals surface area contributed by atoms with E-state index in [1.54, 1.807) is 0 Å². The van der Waals surface area contributed by atoms with Crippen molar-refractivity contribution in [1.82, 2.24) is 4.90 Å². The van der Waals surface area contributed by atoms with Crippen LogP contribution < -0.4 is 0 Å². The molecule has 0 atom stereocenters. The van der Waals surface area contributed by atoms with Crippen molar-refractivity contribution in [2.75, 3.05) is 13.1 Å². The van der Waals surface area contributed by atoms with Gasteiger partial charge in [0, 0.05) is 19.3 Å². The molecule has 1 fully saturated rings. The number of rotatable bonds is 3. The Balaban J connectivity index is 2.44. The van der Waals surface area contributed by atoms with Gasteiger partial charge in [-0.15, -0.1) is 0 Å². The summed E-state index contributed by atoms with van der Waals surface area (Å²) in [5.74, 6) is 0.